The van der Waals surface area contributed by atoms with Crippen molar-refractivity contribution < 1.29 is 22.7 Å². The molecule has 1 aliphatic heterocycles. The Morgan fingerprint density at radius 1 is 0.939 bits per heavy atom. The third-order valence-corrected chi connectivity index (χ3v) is 8.74. The lowest BCUT2D eigenvalue weighted by atomic mass is 9.92. The van der Waals surface area contributed by atoms with Crippen molar-refractivity contribution in [2.45, 2.75) is 43.4 Å². The molecule has 33 heavy (non-hydrogen) atoms. The van der Waals surface area contributed by atoms with Crippen molar-refractivity contribution in [3.05, 3.63) is 47.5 Å². The number of benzene rings is 2. The summed E-state index contributed by atoms with van der Waals surface area (Å²) in [6, 6.07) is 10.9. The molecule has 8 heteroatoms. The van der Waals surface area contributed by atoms with E-state index in [2.05, 4.69) is 0 Å². The van der Waals surface area contributed by atoms with E-state index in [0.717, 1.165) is 24.8 Å². The highest BCUT2D eigenvalue weighted by atomic mass is 32.2. The summed E-state index contributed by atoms with van der Waals surface area (Å²) in [5.41, 5.74) is 3.13. The number of sulfonamides is 1. The van der Waals surface area contributed by atoms with Gasteiger partial charge in [-0.3, -0.25) is 4.79 Å². The number of hydrogen-bond acceptors (Lipinski definition) is 5. The van der Waals surface area contributed by atoms with Crippen molar-refractivity contribution in [3.8, 4) is 11.5 Å². The van der Waals surface area contributed by atoms with E-state index < -0.39 is 10.0 Å². The summed E-state index contributed by atoms with van der Waals surface area (Å²) in [4.78, 5) is 15.1. The molecule has 0 unspecified atom stereocenters. The topological polar surface area (TPSA) is 76.2 Å². The number of fused-ring (bicyclic) bond motifs is 1. The van der Waals surface area contributed by atoms with Gasteiger partial charge in [0, 0.05) is 37.8 Å². The molecule has 0 atom stereocenters. The summed E-state index contributed by atoms with van der Waals surface area (Å²) >= 11 is 0. The van der Waals surface area contributed by atoms with Gasteiger partial charge in [-0.05, 0) is 73.9 Å². The molecule has 1 saturated heterocycles. The van der Waals surface area contributed by atoms with Crippen LogP contribution >= 0.6 is 0 Å². The fraction of sp³-hybridized carbons (Fsp3) is 0.480. The molecule has 0 N–H and O–H groups in total. The van der Waals surface area contributed by atoms with E-state index in [1.807, 2.05) is 18.2 Å². The fourth-order valence-electron chi connectivity index (χ4n) is 4.80. The monoisotopic (exact) mass is 472 g/mol. The quantitative estimate of drug-likeness (QED) is 0.642. The number of rotatable bonds is 6. The van der Waals surface area contributed by atoms with Crippen LogP contribution in [0, 0.1) is 5.92 Å². The van der Waals surface area contributed by atoms with E-state index in [1.165, 1.54) is 16.3 Å². The molecule has 1 heterocycles. The van der Waals surface area contributed by atoms with Crippen molar-refractivity contribution in [1.29, 1.82) is 0 Å². The van der Waals surface area contributed by atoms with E-state index in [-0.39, 0.29) is 11.8 Å². The predicted octanol–water partition coefficient (Wildman–Crippen LogP) is 3.65. The second kappa shape index (κ2) is 9.73. The summed E-state index contributed by atoms with van der Waals surface area (Å²) in [5, 5.41) is 0. The number of hydrogen-bond donors (Lipinski definition) is 0. The van der Waals surface area contributed by atoms with Crippen LogP contribution in [0.4, 0.5) is 5.69 Å². The fourth-order valence-corrected chi connectivity index (χ4v) is 6.32. The first-order valence-corrected chi connectivity index (χ1v) is 12.9. The average Bonchev–Trinajstić information content (AvgIpc) is 2.87. The predicted molar refractivity (Wildman–Crippen MR) is 128 cm³/mol. The molecule has 0 spiro atoms. The highest BCUT2D eigenvalue weighted by molar-refractivity contribution is 7.89. The number of ether oxygens (including phenoxy) is 2. The highest BCUT2D eigenvalue weighted by Crippen LogP contribution is 2.33. The molecule has 1 aliphatic carbocycles. The van der Waals surface area contributed by atoms with Gasteiger partial charge in [0.25, 0.3) is 0 Å². The molecule has 178 valence electrons. The van der Waals surface area contributed by atoms with Crippen molar-refractivity contribution in [3.63, 3.8) is 0 Å². The minimum Gasteiger partial charge on any atom is -0.493 e. The Bertz CT molecular complexity index is 1120. The second-order valence-electron chi connectivity index (χ2n) is 8.75. The van der Waals surface area contributed by atoms with Crippen LogP contribution in [-0.2, 0) is 27.7 Å². The molecule has 1 fully saturated rings. The Morgan fingerprint density at radius 2 is 1.61 bits per heavy atom. The lowest BCUT2D eigenvalue weighted by Gasteiger charge is -2.33. The largest absolute Gasteiger partial charge is 0.493 e. The van der Waals surface area contributed by atoms with Gasteiger partial charge < -0.3 is 14.4 Å². The van der Waals surface area contributed by atoms with E-state index in [4.69, 9.17) is 9.47 Å². The molecule has 2 aromatic carbocycles. The SMILES string of the molecule is COc1ccc(N(C)C(=O)C2CCN(S(=O)(=O)c3ccc4c(c3)CCCC4)CC2)cc1OC. The van der Waals surface area contributed by atoms with E-state index in [9.17, 15) is 13.2 Å². The highest BCUT2D eigenvalue weighted by Gasteiger charge is 2.34. The molecule has 0 radical (unpaired) electrons. The molecule has 0 saturated carbocycles. The summed E-state index contributed by atoms with van der Waals surface area (Å²) < 4.78 is 38.6. The van der Waals surface area contributed by atoms with Gasteiger partial charge in [0.1, 0.15) is 0 Å². The third kappa shape index (κ3) is 4.73. The van der Waals surface area contributed by atoms with Crippen molar-refractivity contribution in [2.24, 2.45) is 5.92 Å². The van der Waals surface area contributed by atoms with Gasteiger partial charge in [0.15, 0.2) is 11.5 Å². The summed E-state index contributed by atoms with van der Waals surface area (Å²) in [5.74, 6) is 0.912. The first-order chi connectivity index (χ1) is 15.8. The smallest absolute Gasteiger partial charge is 0.243 e. The van der Waals surface area contributed by atoms with E-state index in [1.54, 1.807) is 44.4 Å². The second-order valence-corrected chi connectivity index (χ2v) is 10.7. The van der Waals surface area contributed by atoms with Gasteiger partial charge in [-0.15, -0.1) is 0 Å². The Hall–Kier alpha value is -2.58. The maximum atomic E-state index is 13.2. The van der Waals surface area contributed by atoms with Gasteiger partial charge >= 0.3 is 0 Å². The van der Waals surface area contributed by atoms with Crippen LogP contribution in [0.2, 0.25) is 0 Å². The van der Waals surface area contributed by atoms with Crippen LogP contribution in [0.5, 0.6) is 11.5 Å². The number of amides is 1. The lowest BCUT2D eigenvalue weighted by Crippen LogP contribution is -2.43. The van der Waals surface area contributed by atoms with E-state index in [0.29, 0.717) is 48.0 Å². The first-order valence-electron chi connectivity index (χ1n) is 11.5. The third-order valence-electron chi connectivity index (χ3n) is 6.85. The van der Waals surface area contributed by atoms with Gasteiger partial charge in [-0.1, -0.05) is 6.07 Å². The van der Waals surface area contributed by atoms with Gasteiger partial charge in [-0.2, -0.15) is 4.31 Å². The molecule has 0 bridgehead atoms. The molecule has 4 rings (SSSR count). The molecule has 1 amide bonds. The van der Waals surface area contributed by atoms with Crippen molar-refractivity contribution in [1.82, 2.24) is 4.31 Å². The van der Waals surface area contributed by atoms with Crippen LogP contribution in [-0.4, -0.2) is 53.0 Å². The zero-order chi connectivity index (χ0) is 23.6. The van der Waals surface area contributed by atoms with Gasteiger partial charge in [0.05, 0.1) is 19.1 Å². The van der Waals surface area contributed by atoms with E-state index >= 15 is 0 Å². The standard InChI is InChI=1S/C25H32N2O5S/c1-26(21-9-11-23(31-2)24(17-21)32-3)25(28)19-12-14-27(15-13-19)33(29,30)22-10-8-18-6-4-5-7-20(18)16-22/h8-11,16-17,19H,4-7,12-15H2,1-3H3. The summed E-state index contributed by atoms with van der Waals surface area (Å²) in [6.45, 7) is 0.686. The normalized spacial score (nSPS) is 17.3. The molecular weight excluding hydrogens is 440 g/mol. The number of anilines is 1. The molecular formula is C25H32N2O5S. The molecule has 2 aliphatic rings. The number of carbonyl (C=O) groups excluding carboxylic acids is 1. The summed E-state index contributed by atoms with van der Waals surface area (Å²) in [7, 11) is 1.31. The average molecular weight is 473 g/mol. The van der Waals surface area contributed by atoms with Crippen LogP contribution in [0.3, 0.4) is 0 Å². The molecule has 7 nitrogen and oxygen atoms in total. The molecule has 0 aromatic heterocycles. The number of nitrogens with zero attached hydrogens (tertiary/aromatic N) is 2. The number of carbonyl (C=O) groups is 1. The zero-order valence-corrected chi connectivity index (χ0v) is 20.4. The maximum absolute atomic E-state index is 13.2. The van der Waals surface area contributed by atoms with Crippen LogP contribution in [0.25, 0.3) is 0 Å². The Morgan fingerprint density at radius 3 is 2.27 bits per heavy atom. The van der Waals surface area contributed by atoms with Crippen LogP contribution in [0.15, 0.2) is 41.3 Å². The van der Waals surface area contributed by atoms with Crippen LogP contribution in [0.1, 0.15) is 36.8 Å². The lowest BCUT2D eigenvalue weighted by molar-refractivity contribution is -0.123. The summed E-state index contributed by atoms with van der Waals surface area (Å²) in [6.07, 6.45) is 5.24. The minimum atomic E-state index is -3.56. The number of piperidine rings is 1. The maximum Gasteiger partial charge on any atom is 0.243 e. The van der Waals surface area contributed by atoms with Crippen LogP contribution < -0.4 is 14.4 Å². The number of methoxy groups -OCH3 is 2. The van der Waals surface area contributed by atoms with Crippen molar-refractivity contribution in [2.75, 3.05) is 39.3 Å². The zero-order valence-electron chi connectivity index (χ0n) is 19.5. The van der Waals surface area contributed by atoms with Crippen molar-refractivity contribution >= 4 is 21.6 Å². The Balaban J connectivity index is 1.42. The van der Waals surface area contributed by atoms with Gasteiger partial charge in [-0.25, -0.2) is 8.42 Å². The molecule has 2 aromatic rings. The Labute approximate surface area is 196 Å². The first kappa shape index (κ1) is 23.6. The Kier molecular flexibility index (Phi) is 6.95. The van der Waals surface area contributed by atoms with Gasteiger partial charge in [0.2, 0.25) is 15.9 Å². The number of aryl methyl sites for hydroxylation is 2. The minimum absolute atomic E-state index is 0.0203.